The van der Waals surface area contributed by atoms with Crippen LogP contribution >= 0.6 is 0 Å². The van der Waals surface area contributed by atoms with Crippen LogP contribution in [0.5, 0.6) is 0 Å². The molecular formula is C6H14N2O3. The van der Waals surface area contributed by atoms with E-state index in [1.807, 2.05) is 0 Å². The Labute approximate surface area is 64.9 Å². The van der Waals surface area contributed by atoms with E-state index in [9.17, 15) is 10.2 Å². The van der Waals surface area contributed by atoms with E-state index >= 15 is 0 Å². The summed E-state index contributed by atoms with van der Waals surface area (Å²) in [5, 5.41) is 18.5. The molecule has 1 saturated heterocycles. The molecule has 1 rings (SSSR count). The largest absolute Gasteiger partial charge is 0.389 e. The van der Waals surface area contributed by atoms with E-state index in [1.165, 1.54) is 0 Å². The minimum absolute atomic E-state index is 0.199. The second-order valence-corrected chi connectivity index (χ2v) is 2.75. The molecule has 0 bridgehead atoms. The predicted octanol–water partition coefficient (Wildman–Crippen LogP) is -2.61. The molecule has 1 aliphatic rings. The van der Waals surface area contributed by atoms with Gasteiger partial charge in [-0.25, -0.2) is 0 Å². The highest BCUT2D eigenvalue weighted by Crippen LogP contribution is 2.12. The zero-order chi connectivity index (χ0) is 8.43. The van der Waals surface area contributed by atoms with Crippen LogP contribution < -0.4 is 11.5 Å². The average Bonchev–Trinajstić information content (AvgIpc) is 2.01. The highest BCUT2D eigenvalue weighted by atomic mass is 16.5. The standard InChI is InChI=1S/C6H14N2O3/c7-1-4-6(10)5(9)3(8)2-11-4/h3-6,9-10H,1-2,7-8H2/t3-,4+,5-,6-/m0/s1. The number of aliphatic hydroxyl groups is 2. The lowest BCUT2D eigenvalue weighted by Gasteiger charge is -2.35. The Morgan fingerprint density at radius 1 is 1.36 bits per heavy atom. The van der Waals surface area contributed by atoms with Crippen molar-refractivity contribution in [2.24, 2.45) is 11.5 Å². The first kappa shape index (κ1) is 8.89. The molecule has 0 unspecified atom stereocenters. The summed E-state index contributed by atoms with van der Waals surface area (Å²) in [6.07, 6.45) is -2.36. The van der Waals surface area contributed by atoms with Gasteiger partial charge in [0.2, 0.25) is 0 Å². The summed E-state index contributed by atoms with van der Waals surface area (Å²) >= 11 is 0. The summed E-state index contributed by atoms with van der Waals surface area (Å²) in [4.78, 5) is 0. The van der Waals surface area contributed by atoms with Gasteiger partial charge in [0.1, 0.15) is 6.10 Å². The van der Waals surface area contributed by atoms with Crippen LogP contribution in [0.25, 0.3) is 0 Å². The van der Waals surface area contributed by atoms with Gasteiger partial charge in [0.05, 0.1) is 24.9 Å². The van der Waals surface area contributed by atoms with Crippen LogP contribution in [0.3, 0.4) is 0 Å². The SMILES string of the molecule is NC[C@H]1OC[C@H](N)[C@H](O)[C@H]1O. The van der Waals surface area contributed by atoms with Crippen molar-refractivity contribution in [2.45, 2.75) is 24.4 Å². The highest BCUT2D eigenvalue weighted by molar-refractivity contribution is 4.88. The maximum atomic E-state index is 9.27. The first-order chi connectivity index (χ1) is 5.16. The van der Waals surface area contributed by atoms with E-state index in [0.29, 0.717) is 0 Å². The third-order valence-corrected chi connectivity index (χ3v) is 1.90. The van der Waals surface area contributed by atoms with Crippen LogP contribution in [0.4, 0.5) is 0 Å². The second-order valence-electron chi connectivity index (χ2n) is 2.75. The fraction of sp³-hybridized carbons (Fsp3) is 1.00. The van der Waals surface area contributed by atoms with Gasteiger partial charge >= 0.3 is 0 Å². The Morgan fingerprint density at radius 2 is 2.00 bits per heavy atom. The molecule has 0 amide bonds. The summed E-state index contributed by atoms with van der Waals surface area (Å²) in [6, 6.07) is -0.507. The van der Waals surface area contributed by atoms with Gasteiger partial charge in [0.15, 0.2) is 0 Å². The molecular weight excluding hydrogens is 148 g/mol. The topological polar surface area (TPSA) is 102 Å². The van der Waals surface area contributed by atoms with Gasteiger partial charge in [-0.2, -0.15) is 0 Å². The molecule has 1 fully saturated rings. The van der Waals surface area contributed by atoms with Gasteiger partial charge in [-0.15, -0.1) is 0 Å². The van der Waals surface area contributed by atoms with E-state index in [4.69, 9.17) is 16.2 Å². The van der Waals surface area contributed by atoms with E-state index < -0.39 is 24.4 Å². The number of ether oxygens (including phenoxy) is 1. The fourth-order valence-electron chi connectivity index (χ4n) is 1.11. The van der Waals surface area contributed by atoms with Crippen molar-refractivity contribution in [3.05, 3.63) is 0 Å². The van der Waals surface area contributed by atoms with Crippen molar-refractivity contribution in [1.82, 2.24) is 0 Å². The van der Waals surface area contributed by atoms with Gasteiger partial charge in [-0.3, -0.25) is 0 Å². The third kappa shape index (κ3) is 1.69. The van der Waals surface area contributed by atoms with Crippen molar-refractivity contribution in [3.8, 4) is 0 Å². The van der Waals surface area contributed by atoms with Crippen LogP contribution in [-0.2, 0) is 4.74 Å². The zero-order valence-electron chi connectivity index (χ0n) is 6.18. The molecule has 0 aromatic rings. The summed E-state index contributed by atoms with van der Waals surface area (Å²) in [5.41, 5.74) is 10.7. The Morgan fingerprint density at radius 3 is 2.55 bits per heavy atom. The predicted molar refractivity (Wildman–Crippen MR) is 38.8 cm³/mol. The normalized spacial score (nSPS) is 45.8. The molecule has 4 atom stereocenters. The van der Waals surface area contributed by atoms with E-state index in [1.54, 1.807) is 0 Å². The van der Waals surface area contributed by atoms with E-state index in [-0.39, 0.29) is 13.2 Å². The van der Waals surface area contributed by atoms with Gasteiger partial charge in [0, 0.05) is 6.54 Å². The summed E-state index contributed by atoms with van der Waals surface area (Å²) < 4.78 is 5.06. The summed E-state index contributed by atoms with van der Waals surface area (Å²) in [5.74, 6) is 0. The molecule has 0 aromatic heterocycles. The molecule has 1 heterocycles. The lowest BCUT2D eigenvalue weighted by atomic mass is 9.99. The number of hydrogen-bond acceptors (Lipinski definition) is 5. The third-order valence-electron chi connectivity index (χ3n) is 1.90. The second kappa shape index (κ2) is 3.46. The summed E-state index contributed by atoms with van der Waals surface area (Å²) in [7, 11) is 0. The molecule has 0 aromatic carbocycles. The molecule has 5 heteroatoms. The molecule has 0 saturated carbocycles. The van der Waals surface area contributed by atoms with Gasteiger partial charge in [-0.1, -0.05) is 0 Å². The van der Waals surface area contributed by atoms with Crippen LogP contribution in [0.1, 0.15) is 0 Å². The quantitative estimate of drug-likeness (QED) is 0.338. The summed E-state index contributed by atoms with van der Waals surface area (Å²) in [6.45, 7) is 0.449. The molecule has 6 N–H and O–H groups in total. The fourth-order valence-corrected chi connectivity index (χ4v) is 1.11. The molecule has 11 heavy (non-hydrogen) atoms. The van der Waals surface area contributed by atoms with Gasteiger partial charge in [0.25, 0.3) is 0 Å². The van der Waals surface area contributed by atoms with Crippen LogP contribution in [0, 0.1) is 0 Å². The Kier molecular flexibility index (Phi) is 2.80. The highest BCUT2D eigenvalue weighted by Gasteiger charge is 2.35. The Bertz CT molecular complexity index is 131. The van der Waals surface area contributed by atoms with Gasteiger partial charge in [-0.05, 0) is 0 Å². The van der Waals surface area contributed by atoms with E-state index in [0.717, 1.165) is 0 Å². The number of hydrogen-bond donors (Lipinski definition) is 4. The molecule has 5 nitrogen and oxygen atoms in total. The number of aliphatic hydroxyl groups excluding tert-OH is 2. The molecule has 0 radical (unpaired) electrons. The van der Waals surface area contributed by atoms with Crippen LogP contribution in [0.2, 0.25) is 0 Å². The Balaban J connectivity index is 2.52. The van der Waals surface area contributed by atoms with Crippen molar-refractivity contribution >= 4 is 0 Å². The first-order valence-electron chi connectivity index (χ1n) is 3.60. The molecule has 0 aliphatic carbocycles. The average molecular weight is 162 g/mol. The lowest BCUT2D eigenvalue weighted by molar-refractivity contribution is -0.139. The molecule has 1 aliphatic heterocycles. The van der Waals surface area contributed by atoms with Gasteiger partial charge < -0.3 is 26.4 Å². The monoisotopic (exact) mass is 162 g/mol. The number of nitrogens with two attached hydrogens (primary N) is 2. The minimum atomic E-state index is -0.955. The van der Waals surface area contributed by atoms with Crippen LogP contribution in [0.15, 0.2) is 0 Å². The van der Waals surface area contributed by atoms with E-state index in [2.05, 4.69) is 0 Å². The maximum absolute atomic E-state index is 9.27. The molecule has 0 spiro atoms. The zero-order valence-corrected chi connectivity index (χ0v) is 6.18. The molecule has 66 valence electrons. The first-order valence-corrected chi connectivity index (χ1v) is 3.60. The van der Waals surface area contributed by atoms with Crippen molar-refractivity contribution < 1.29 is 14.9 Å². The minimum Gasteiger partial charge on any atom is -0.389 e. The number of rotatable bonds is 1. The lowest BCUT2D eigenvalue weighted by Crippen LogP contribution is -2.58. The van der Waals surface area contributed by atoms with Crippen LogP contribution in [-0.4, -0.2) is 47.7 Å². The van der Waals surface area contributed by atoms with Crippen molar-refractivity contribution in [1.29, 1.82) is 0 Å². The van der Waals surface area contributed by atoms with Crippen molar-refractivity contribution in [3.63, 3.8) is 0 Å². The maximum Gasteiger partial charge on any atom is 0.109 e. The Hall–Kier alpha value is -0.200. The van der Waals surface area contributed by atoms with Crippen molar-refractivity contribution in [2.75, 3.05) is 13.2 Å². The smallest absolute Gasteiger partial charge is 0.109 e.